The fourth-order valence-corrected chi connectivity index (χ4v) is 3.09. The summed E-state index contributed by atoms with van der Waals surface area (Å²) in [5.74, 6) is -0.363. The molecule has 0 heterocycles. The molecule has 0 atom stereocenters. The number of halogens is 5. The molecule has 0 aliphatic rings. The van der Waals surface area contributed by atoms with Crippen LogP contribution < -0.4 is 0 Å². The minimum atomic E-state index is -0.363. The van der Waals surface area contributed by atoms with Crippen molar-refractivity contribution < 1.29 is 20.1 Å². The molecule has 3 N–H and O–H groups in total. The first-order valence-corrected chi connectivity index (χ1v) is 11.7. The number of ether oxygens (including phenoxy) is 1. The number of rotatable bonds is 11. The van der Waals surface area contributed by atoms with Crippen molar-refractivity contribution in [2.75, 3.05) is 26.4 Å². The Kier molecular flexibility index (Phi) is 23.5. The van der Waals surface area contributed by atoms with Crippen molar-refractivity contribution in [2.24, 2.45) is 0 Å². The number of phenolic OH excluding ortho intramolecular Hbond substituents is 1. The lowest BCUT2D eigenvalue weighted by molar-refractivity contribution is 0.126. The topological polar surface area (TPSA) is 69.9 Å². The average Bonchev–Trinajstić information content (AvgIpc) is 2.74. The van der Waals surface area contributed by atoms with E-state index < -0.39 is 0 Å². The molecular formula is C20H33Cl5O4. The van der Waals surface area contributed by atoms with Crippen LogP contribution in [-0.4, -0.2) is 41.7 Å². The van der Waals surface area contributed by atoms with Crippen LogP contribution >= 0.6 is 58.0 Å². The molecule has 0 amide bonds. The van der Waals surface area contributed by atoms with E-state index in [0.29, 0.717) is 0 Å². The third-order valence-electron chi connectivity index (χ3n) is 3.57. The van der Waals surface area contributed by atoms with Crippen LogP contribution in [0.25, 0.3) is 0 Å². The molecule has 0 spiro atoms. The summed E-state index contributed by atoms with van der Waals surface area (Å²) in [5.41, 5.74) is 0. The summed E-state index contributed by atoms with van der Waals surface area (Å²) in [5, 5.41) is 24.3. The van der Waals surface area contributed by atoms with Crippen LogP contribution in [0.2, 0.25) is 25.1 Å². The molecule has 1 aromatic rings. The van der Waals surface area contributed by atoms with E-state index in [2.05, 4.69) is 13.8 Å². The molecule has 1 rings (SSSR count). The molecule has 0 fully saturated rings. The zero-order valence-corrected chi connectivity index (χ0v) is 20.9. The Labute approximate surface area is 200 Å². The van der Waals surface area contributed by atoms with Gasteiger partial charge in [-0.15, -0.1) is 0 Å². The van der Waals surface area contributed by atoms with E-state index in [1.807, 2.05) is 0 Å². The van der Waals surface area contributed by atoms with Gasteiger partial charge in [-0.2, -0.15) is 0 Å². The summed E-state index contributed by atoms with van der Waals surface area (Å²) in [7, 11) is 0. The second kappa shape index (κ2) is 21.6. The van der Waals surface area contributed by atoms with Gasteiger partial charge >= 0.3 is 0 Å². The van der Waals surface area contributed by atoms with Crippen molar-refractivity contribution in [1.29, 1.82) is 0 Å². The number of hydrogen-bond donors (Lipinski definition) is 3. The first kappa shape index (κ1) is 31.5. The smallest absolute Gasteiger partial charge is 0.155 e. The summed E-state index contributed by atoms with van der Waals surface area (Å²) < 4.78 is 5.53. The predicted molar refractivity (Wildman–Crippen MR) is 126 cm³/mol. The van der Waals surface area contributed by atoms with Gasteiger partial charge in [-0.3, -0.25) is 0 Å². The first-order valence-electron chi connectivity index (χ1n) is 9.79. The summed E-state index contributed by atoms with van der Waals surface area (Å²) in [4.78, 5) is 0. The number of hydrogen-bond acceptors (Lipinski definition) is 4. The van der Waals surface area contributed by atoms with Gasteiger partial charge in [0, 0.05) is 13.2 Å². The van der Waals surface area contributed by atoms with E-state index in [1.165, 1.54) is 51.4 Å². The Morgan fingerprint density at radius 3 is 1.24 bits per heavy atom. The van der Waals surface area contributed by atoms with Gasteiger partial charge in [-0.25, -0.2) is 0 Å². The van der Waals surface area contributed by atoms with E-state index in [-0.39, 0.29) is 44.1 Å². The second-order valence-corrected chi connectivity index (χ2v) is 7.99. The number of aliphatic hydroxyl groups is 2. The number of aliphatic hydroxyl groups excluding tert-OH is 2. The summed E-state index contributed by atoms with van der Waals surface area (Å²) >= 11 is 27.9. The van der Waals surface area contributed by atoms with Gasteiger partial charge in [0.15, 0.2) is 5.75 Å². The van der Waals surface area contributed by atoms with Crippen LogP contribution in [0.5, 0.6) is 5.75 Å². The zero-order valence-electron chi connectivity index (χ0n) is 17.1. The normalized spacial score (nSPS) is 10.1. The van der Waals surface area contributed by atoms with Crippen molar-refractivity contribution >= 4 is 58.0 Å². The second-order valence-electron chi connectivity index (χ2n) is 6.10. The van der Waals surface area contributed by atoms with Crippen molar-refractivity contribution in [3.05, 3.63) is 25.1 Å². The maximum atomic E-state index is 9.20. The highest BCUT2D eigenvalue weighted by Crippen LogP contribution is 2.47. The molecule has 0 unspecified atom stereocenters. The van der Waals surface area contributed by atoms with Crippen molar-refractivity contribution in [2.45, 2.75) is 65.2 Å². The molecule has 0 aromatic heterocycles. The van der Waals surface area contributed by atoms with Crippen molar-refractivity contribution in [3.8, 4) is 5.75 Å². The first-order chi connectivity index (χ1) is 13.8. The molecule has 0 bridgehead atoms. The Bertz CT molecular complexity index is 413. The molecule has 29 heavy (non-hydrogen) atoms. The van der Waals surface area contributed by atoms with Crippen molar-refractivity contribution in [3.63, 3.8) is 0 Å². The number of aromatic hydroxyl groups is 1. The lowest BCUT2D eigenvalue weighted by atomic mass is 10.2. The highest BCUT2D eigenvalue weighted by atomic mass is 35.5. The Morgan fingerprint density at radius 1 is 0.586 bits per heavy atom. The highest BCUT2D eigenvalue weighted by molar-refractivity contribution is 6.55. The minimum absolute atomic E-state index is 0.00904. The fourth-order valence-electron chi connectivity index (χ4n) is 1.96. The zero-order chi connectivity index (χ0) is 22.7. The van der Waals surface area contributed by atoms with Gasteiger partial charge in [0.1, 0.15) is 10.0 Å². The lowest BCUT2D eigenvalue weighted by Gasteiger charge is -2.06. The number of unbranched alkanes of at least 4 members (excludes halogenated alkanes) is 6. The maximum absolute atomic E-state index is 9.20. The summed E-state index contributed by atoms with van der Waals surface area (Å²) in [6, 6.07) is 0. The molecule has 0 aliphatic carbocycles. The van der Waals surface area contributed by atoms with E-state index in [1.54, 1.807) is 0 Å². The van der Waals surface area contributed by atoms with E-state index >= 15 is 0 Å². The number of benzene rings is 1. The van der Waals surface area contributed by atoms with E-state index in [4.69, 9.17) is 73.0 Å². The SMILES string of the molecule is CCCCCCOCCCCCC.OCCO.Oc1c(Cl)c(Cl)c(Cl)c(Cl)c1Cl. The monoisotopic (exact) mass is 512 g/mol. The predicted octanol–water partition coefficient (Wildman–Crippen LogP) is 7.79. The van der Waals surface area contributed by atoms with Crippen LogP contribution in [0.3, 0.4) is 0 Å². The fraction of sp³-hybridized carbons (Fsp3) is 0.700. The quantitative estimate of drug-likeness (QED) is 0.160. The minimum Gasteiger partial charge on any atom is -0.505 e. The number of phenols is 1. The van der Waals surface area contributed by atoms with Gasteiger partial charge in [0.05, 0.1) is 28.3 Å². The molecule has 0 saturated carbocycles. The van der Waals surface area contributed by atoms with Gasteiger partial charge in [-0.1, -0.05) is 110 Å². The van der Waals surface area contributed by atoms with Crippen LogP contribution in [-0.2, 0) is 4.74 Å². The molecule has 172 valence electrons. The third kappa shape index (κ3) is 15.8. The molecule has 0 saturated heterocycles. The molecular weight excluding hydrogens is 481 g/mol. The average molecular weight is 515 g/mol. The van der Waals surface area contributed by atoms with E-state index in [0.717, 1.165) is 13.2 Å². The molecule has 4 nitrogen and oxygen atoms in total. The van der Waals surface area contributed by atoms with Crippen LogP contribution in [0.15, 0.2) is 0 Å². The standard InChI is InChI=1S/C12H26O.C6HCl5O.C2H6O2/c1-3-5-7-9-11-13-12-10-8-6-4-2;7-1-2(8)4(10)6(12)5(11)3(1)9;3-1-2-4/h3-12H2,1-2H3;12H;3-4H,1-2H2. The molecule has 0 aliphatic heterocycles. The van der Waals surface area contributed by atoms with E-state index in [9.17, 15) is 5.11 Å². The van der Waals surface area contributed by atoms with Gasteiger partial charge < -0.3 is 20.1 Å². The molecule has 0 radical (unpaired) electrons. The Hall–Kier alpha value is 0.350. The van der Waals surface area contributed by atoms with Crippen molar-refractivity contribution in [1.82, 2.24) is 0 Å². The highest BCUT2D eigenvalue weighted by Gasteiger charge is 2.18. The van der Waals surface area contributed by atoms with Gasteiger partial charge in [0.25, 0.3) is 0 Å². The van der Waals surface area contributed by atoms with Crippen LogP contribution in [0.4, 0.5) is 0 Å². The summed E-state index contributed by atoms with van der Waals surface area (Å²) in [6.07, 6.45) is 10.5. The third-order valence-corrected chi connectivity index (χ3v) is 5.83. The maximum Gasteiger partial charge on any atom is 0.155 e. The Balaban J connectivity index is 0. The molecule has 1 aromatic carbocycles. The largest absolute Gasteiger partial charge is 0.505 e. The van der Waals surface area contributed by atoms with Crippen LogP contribution in [0.1, 0.15) is 65.2 Å². The lowest BCUT2D eigenvalue weighted by Crippen LogP contribution is -1.96. The summed E-state index contributed by atoms with van der Waals surface area (Å²) in [6.45, 7) is 6.19. The molecule has 9 heteroatoms. The van der Waals surface area contributed by atoms with Gasteiger partial charge in [-0.05, 0) is 12.8 Å². The van der Waals surface area contributed by atoms with Crippen LogP contribution in [0, 0.1) is 0 Å². The Morgan fingerprint density at radius 2 is 0.931 bits per heavy atom. The van der Waals surface area contributed by atoms with Gasteiger partial charge in [0.2, 0.25) is 0 Å².